The average Bonchev–Trinajstić information content (AvgIpc) is 3.27. The van der Waals surface area contributed by atoms with Crippen LogP contribution >= 0.6 is 22.9 Å². The van der Waals surface area contributed by atoms with Crippen LogP contribution in [-0.4, -0.2) is 36.8 Å². The van der Waals surface area contributed by atoms with Crippen LogP contribution in [0.4, 0.5) is 0 Å². The highest BCUT2D eigenvalue weighted by atomic mass is 35.5. The normalized spacial score (nSPS) is 18.3. The van der Waals surface area contributed by atoms with Crippen LogP contribution in [0.3, 0.4) is 0 Å². The number of rotatable bonds is 4. The van der Waals surface area contributed by atoms with Gasteiger partial charge < -0.3 is 10.1 Å². The molecule has 0 amide bonds. The smallest absolute Gasteiger partial charge is 0.293 e. The molecule has 0 spiro atoms. The lowest BCUT2D eigenvalue weighted by Crippen LogP contribution is -2.19. The van der Waals surface area contributed by atoms with Gasteiger partial charge in [-0.05, 0) is 37.2 Å². The fourth-order valence-corrected chi connectivity index (χ4v) is 5.54. The van der Waals surface area contributed by atoms with Crippen LogP contribution in [0.15, 0.2) is 40.7 Å². The number of fused-ring (bicyclic) bond motifs is 1. The Kier molecular flexibility index (Phi) is 4.00. The predicted octanol–water partition coefficient (Wildman–Crippen LogP) is 2.73. The lowest BCUT2D eigenvalue weighted by Gasteiger charge is -2.13. The molecule has 126 valence electrons. The first kappa shape index (κ1) is 15.9. The summed E-state index contributed by atoms with van der Waals surface area (Å²) < 4.78 is 33.2. The summed E-state index contributed by atoms with van der Waals surface area (Å²) >= 11 is 6.87. The molecule has 1 saturated heterocycles. The van der Waals surface area contributed by atoms with Crippen molar-refractivity contribution in [3.05, 3.63) is 40.9 Å². The molecule has 0 aliphatic carbocycles. The number of hydrogen-bond acceptors (Lipinski definition) is 6. The molecular weight excluding hydrogens is 370 g/mol. The molecule has 1 aromatic carbocycles. The van der Waals surface area contributed by atoms with Crippen LogP contribution in [-0.2, 0) is 10.0 Å². The van der Waals surface area contributed by atoms with Crippen LogP contribution in [0.5, 0.6) is 5.75 Å². The van der Waals surface area contributed by atoms with Gasteiger partial charge in [-0.3, -0.25) is 0 Å². The van der Waals surface area contributed by atoms with Gasteiger partial charge in [0.25, 0.3) is 10.0 Å². The van der Waals surface area contributed by atoms with Crippen molar-refractivity contribution in [1.82, 2.24) is 14.5 Å². The molecule has 1 N–H and O–H groups in total. The van der Waals surface area contributed by atoms with Gasteiger partial charge in [0.05, 0.1) is 21.4 Å². The molecule has 1 aliphatic rings. The summed E-state index contributed by atoms with van der Waals surface area (Å²) in [5.41, 5.74) is 0.489. The van der Waals surface area contributed by atoms with Crippen molar-refractivity contribution < 1.29 is 13.2 Å². The van der Waals surface area contributed by atoms with Gasteiger partial charge in [0, 0.05) is 6.54 Å². The summed E-state index contributed by atoms with van der Waals surface area (Å²) in [4.78, 5) is 0. The standard InChI is InChI=1S/C15H14ClN3O3S2/c16-14-4-5-15(23-14)24(20,21)19-12-2-1-3-13(11(12)9-18-19)22-10-6-7-17-8-10/h1-5,9-10,17H,6-8H2. The Balaban J connectivity index is 1.78. The third-order valence-corrected chi connectivity index (χ3v) is 7.18. The highest BCUT2D eigenvalue weighted by molar-refractivity contribution is 7.92. The largest absolute Gasteiger partial charge is 0.488 e. The number of thiophene rings is 1. The van der Waals surface area contributed by atoms with Gasteiger partial charge in [-0.2, -0.15) is 17.6 Å². The Morgan fingerprint density at radius 3 is 2.92 bits per heavy atom. The monoisotopic (exact) mass is 383 g/mol. The highest BCUT2D eigenvalue weighted by Crippen LogP contribution is 2.32. The van der Waals surface area contributed by atoms with E-state index in [1.807, 2.05) is 6.07 Å². The van der Waals surface area contributed by atoms with Crippen molar-refractivity contribution in [2.75, 3.05) is 13.1 Å². The van der Waals surface area contributed by atoms with Crippen molar-refractivity contribution in [3.63, 3.8) is 0 Å². The third-order valence-electron chi connectivity index (χ3n) is 3.88. The van der Waals surface area contributed by atoms with E-state index in [0.717, 1.165) is 34.9 Å². The zero-order valence-corrected chi connectivity index (χ0v) is 14.9. The van der Waals surface area contributed by atoms with E-state index in [1.54, 1.807) is 18.2 Å². The first-order valence-electron chi connectivity index (χ1n) is 7.41. The minimum Gasteiger partial charge on any atom is -0.488 e. The number of nitrogens with zero attached hydrogens (tertiary/aromatic N) is 2. The molecule has 1 aliphatic heterocycles. The van der Waals surface area contributed by atoms with E-state index in [2.05, 4.69) is 10.4 Å². The molecule has 24 heavy (non-hydrogen) atoms. The lowest BCUT2D eigenvalue weighted by molar-refractivity contribution is 0.226. The molecular formula is C15H14ClN3O3S2. The zero-order valence-electron chi connectivity index (χ0n) is 12.5. The maximum absolute atomic E-state index is 12.8. The number of halogens is 1. The van der Waals surface area contributed by atoms with E-state index in [9.17, 15) is 8.42 Å². The minimum atomic E-state index is -3.77. The maximum Gasteiger partial charge on any atom is 0.293 e. The quantitative estimate of drug-likeness (QED) is 0.749. The summed E-state index contributed by atoms with van der Waals surface area (Å²) in [5, 5.41) is 8.00. The molecule has 1 atom stereocenters. The Hall–Kier alpha value is -1.61. The second kappa shape index (κ2) is 6.03. The van der Waals surface area contributed by atoms with Gasteiger partial charge in [-0.25, -0.2) is 0 Å². The minimum absolute atomic E-state index is 0.0895. The first-order valence-corrected chi connectivity index (χ1v) is 10.0. The van der Waals surface area contributed by atoms with Gasteiger partial charge in [0.2, 0.25) is 0 Å². The van der Waals surface area contributed by atoms with E-state index in [-0.39, 0.29) is 10.3 Å². The van der Waals surface area contributed by atoms with Crippen LogP contribution in [0, 0.1) is 0 Å². The van der Waals surface area contributed by atoms with Gasteiger partial charge in [-0.1, -0.05) is 17.7 Å². The maximum atomic E-state index is 12.8. The molecule has 9 heteroatoms. The Labute approximate surface area is 148 Å². The van der Waals surface area contributed by atoms with Crippen LogP contribution < -0.4 is 10.1 Å². The average molecular weight is 384 g/mol. The topological polar surface area (TPSA) is 73.2 Å². The van der Waals surface area contributed by atoms with Crippen LogP contribution in [0.25, 0.3) is 10.9 Å². The third kappa shape index (κ3) is 2.69. The summed E-state index contributed by atoms with van der Waals surface area (Å²) in [7, 11) is -3.77. The second-order valence-electron chi connectivity index (χ2n) is 5.47. The molecule has 0 bridgehead atoms. The fraction of sp³-hybridized carbons (Fsp3) is 0.267. The van der Waals surface area contributed by atoms with Crippen molar-refractivity contribution in [1.29, 1.82) is 0 Å². The van der Waals surface area contributed by atoms with Crippen LogP contribution in [0.2, 0.25) is 4.34 Å². The molecule has 0 radical (unpaired) electrons. The van der Waals surface area contributed by atoms with E-state index in [1.165, 1.54) is 12.3 Å². The number of benzene rings is 1. The Morgan fingerprint density at radius 1 is 1.33 bits per heavy atom. The van der Waals surface area contributed by atoms with Crippen molar-refractivity contribution in [3.8, 4) is 5.75 Å². The van der Waals surface area contributed by atoms with Gasteiger partial charge >= 0.3 is 0 Å². The number of hydrogen-bond donors (Lipinski definition) is 1. The van der Waals surface area contributed by atoms with Crippen molar-refractivity contribution in [2.24, 2.45) is 0 Å². The Bertz CT molecular complexity index is 990. The second-order valence-corrected chi connectivity index (χ2v) is 9.18. The van der Waals surface area contributed by atoms with E-state index in [0.29, 0.717) is 21.0 Å². The van der Waals surface area contributed by atoms with Crippen molar-refractivity contribution >= 4 is 43.9 Å². The summed E-state index contributed by atoms with van der Waals surface area (Å²) in [5.74, 6) is 0.645. The number of ether oxygens (including phenoxy) is 1. The molecule has 0 saturated carbocycles. The summed E-state index contributed by atoms with van der Waals surface area (Å²) in [6.07, 6.45) is 2.54. The van der Waals surface area contributed by atoms with Crippen molar-refractivity contribution in [2.45, 2.75) is 16.7 Å². The molecule has 4 rings (SSSR count). The van der Waals surface area contributed by atoms with Gasteiger partial charge in [-0.15, -0.1) is 11.3 Å². The highest BCUT2D eigenvalue weighted by Gasteiger charge is 2.24. The van der Waals surface area contributed by atoms with E-state index in [4.69, 9.17) is 16.3 Å². The first-order chi connectivity index (χ1) is 11.6. The fourth-order valence-electron chi connectivity index (χ4n) is 2.73. The molecule has 1 unspecified atom stereocenters. The molecule has 6 nitrogen and oxygen atoms in total. The van der Waals surface area contributed by atoms with Gasteiger partial charge in [0.1, 0.15) is 16.1 Å². The summed E-state index contributed by atoms with van der Waals surface area (Å²) in [6, 6.07) is 8.37. The Morgan fingerprint density at radius 2 is 2.21 bits per heavy atom. The number of aromatic nitrogens is 2. The molecule has 3 aromatic rings. The van der Waals surface area contributed by atoms with E-state index < -0.39 is 10.0 Å². The molecule has 3 heterocycles. The SMILES string of the molecule is O=S(=O)(c1ccc(Cl)s1)n1ncc2c(OC3CCNC3)cccc21. The van der Waals surface area contributed by atoms with E-state index >= 15 is 0 Å². The van der Waals surface area contributed by atoms with Crippen LogP contribution in [0.1, 0.15) is 6.42 Å². The van der Waals surface area contributed by atoms with Gasteiger partial charge in [0.15, 0.2) is 0 Å². The molecule has 1 fully saturated rings. The summed E-state index contributed by atoms with van der Waals surface area (Å²) in [6.45, 7) is 1.71. The predicted molar refractivity (Wildman–Crippen MR) is 93.5 cm³/mol. The number of nitrogens with one attached hydrogen (secondary N) is 1. The molecule has 2 aromatic heterocycles. The zero-order chi connectivity index (χ0) is 16.7. The lowest BCUT2D eigenvalue weighted by atomic mass is 10.2.